The highest BCUT2D eigenvalue weighted by molar-refractivity contribution is 5.80. The summed E-state index contributed by atoms with van der Waals surface area (Å²) in [4.78, 5) is 25.0. The third-order valence-electron chi connectivity index (χ3n) is 4.05. The van der Waals surface area contributed by atoms with Crippen molar-refractivity contribution in [2.45, 2.75) is 18.9 Å². The predicted molar refractivity (Wildman–Crippen MR) is 81.6 cm³/mol. The molecule has 7 heteroatoms. The molecule has 0 aromatic heterocycles. The fourth-order valence-corrected chi connectivity index (χ4v) is 2.69. The molecule has 2 atom stereocenters. The second kappa shape index (κ2) is 7.32. The summed E-state index contributed by atoms with van der Waals surface area (Å²) in [5.41, 5.74) is 0.755. The Morgan fingerprint density at radius 2 is 1.96 bits per heavy atom. The van der Waals surface area contributed by atoms with Gasteiger partial charge in [0.25, 0.3) is 0 Å². The van der Waals surface area contributed by atoms with E-state index in [4.69, 9.17) is 14.6 Å². The van der Waals surface area contributed by atoms with Gasteiger partial charge in [-0.05, 0) is 24.1 Å². The summed E-state index contributed by atoms with van der Waals surface area (Å²) in [6, 6.07) is 5.22. The quantitative estimate of drug-likeness (QED) is 0.821. The molecule has 7 nitrogen and oxygen atoms in total. The number of hydrogen-bond donors (Lipinski definition) is 2. The topological polar surface area (TPSA) is 96.3 Å². The highest BCUT2D eigenvalue weighted by Gasteiger charge is 2.34. The zero-order valence-electron chi connectivity index (χ0n) is 13.2. The first-order chi connectivity index (χ1) is 11.0. The number of ether oxygens (including phenoxy) is 2. The van der Waals surface area contributed by atoms with Crippen molar-refractivity contribution in [3.63, 3.8) is 0 Å². The maximum atomic E-state index is 12.4. The van der Waals surface area contributed by atoms with Crippen LogP contribution in [0.1, 0.15) is 12.0 Å². The molecular formula is C16H21NO6. The van der Waals surface area contributed by atoms with E-state index in [0.717, 1.165) is 5.56 Å². The van der Waals surface area contributed by atoms with Gasteiger partial charge in [0, 0.05) is 13.1 Å². The lowest BCUT2D eigenvalue weighted by Gasteiger charge is -2.34. The SMILES string of the molecule is COc1ccc(CC(=O)N2CC[C@@H](O)[C@H](C(=O)O)C2)cc1OC. The van der Waals surface area contributed by atoms with E-state index in [1.165, 1.54) is 19.1 Å². The van der Waals surface area contributed by atoms with E-state index in [2.05, 4.69) is 0 Å². The number of aliphatic hydroxyl groups excluding tert-OH is 1. The van der Waals surface area contributed by atoms with Crippen molar-refractivity contribution in [1.82, 2.24) is 4.90 Å². The van der Waals surface area contributed by atoms with Crippen LogP contribution in [-0.2, 0) is 16.0 Å². The Balaban J connectivity index is 2.05. The highest BCUT2D eigenvalue weighted by Crippen LogP contribution is 2.28. The van der Waals surface area contributed by atoms with Crippen LogP contribution < -0.4 is 9.47 Å². The van der Waals surface area contributed by atoms with Crippen LogP contribution >= 0.6 is 0 Å². The number of carboxylic acids is 1. The minimum absolute atomic E-state index is 0.0304. The van der Waals surface area contributed by atoms with Gasteiger partial charge in [0.05, 0.1) is 26.7 Å². The number of hydrogen-bond acceptors (Lipinski definition) is 5. The summed E-state index contributed by atoms with van der Waals surface area (Å²) in [6.45, 7) is 0.389. The molecule has 0 saturated carbocycles. The van der Waals surface area contributed by atoms with Gasteiger partial charge in [0.1, 0.15) is 5.92 Å². The van der Waals surface area contributed by atoms with E-state index in [0.29, 0.717) is 18.0 Å². The molecule has 23 heavy (non-hydrogen) atoms. The van der Waals surface area contributed by atoms with Gasteiger partial charge in [-0.1, -0.05) is 6.07 Å². The summed E-state index contributed by atoms with van der Waals surface area (Å²) in [6.07, 6.45) is -0.491. The van der Waals surface area contributed by atoms with Crippen molar-refractivity contribution in [2.75, 3.05) is 27.3 Å². The summed E-state index contributed by atoms with van der Waals surface area (Å²) in [5, 5.41) is 18.8. The third kappa shape index (κ3) is 3.92. The summed E-state index contributed by atoms with van der Waals surface area (Å²) < 4.78 is 10.4. The predicted octanol–water partition coefficient (Wildman–Crippen LogP) is 0.540. The van der Waals surface area contributed by atoms with Gasteiger partial charge in [-0.15, -0.1) is 0 Å². The summed E-state index contributed by atoms with van der Waals surface area (Å²) >= 11 is 0. The molecule has 0 bridgehead atoms. The molecule has 1 aliphatic heterocycles. The maximum Gasteiger partial charge on any atom is 0.310 e. The van der Waals surface area contributed by atoms with Gasteiger partial charge in [-0.2, -0.15) is 0 Å². The van der Waals surface area contributed by atoms with Crippen molar-refractivity contribution < 1.29 is 29.3 Å². The molecule has 1 amide bonds. The minimum atomic E-state index is -1.08. The Morgan fingerprint density at radius 1 is 1.26 bits per heavy atom. The Kier molecular flexibility index (Phi) is 5.44. The number of likely N-dealkylation sites (tertiary alicyclic amines) is 1. The monoisotopic (exact) mass is 323 g/mol. The van der Waals surface area contributed by atoms with Crippen LogP contribution in [0, 0.1) is 5.92 Å². The number of carbonyl (C=O) groups excluding carboxylic acids is 1. The van der Waals surface area contributed by atoms with Crippen LogP contribution in [0.15, 0.2) is 18.2 Å². The highest BCUT2D eigenvalue weighted by atomic mass is 16.5. The number of nitrogens with zero attached hydrogens (tertiary/aromatic N) is 1. The molecule has 1 fully saturated rings. The van der Waals surface area contributed by atoms with E-state index < -0.39 is 18.0 Å². The normalized spacial score (nSPS) is 20.9. The Morgan fingerprint density at radius 3 is 2.57 bits per heavy atom. The largest absolute Gasteiger partial charge is 0.493 e. The number of carbonyl (C=O) groups is 2. The van der Waals surface area contributed by atoms with Crippen LogP contribution in [0.2, 0.25) is 0 Å². The van der Waals surface area contributed by atoms with Crippen LogP contribution in [0.5, 0.6) is 11.5 Å². The average Bonchev–Trinajstić information content (AvgIpc) is 2.54. The van der Waals surface area contributed by atoms with E-state index in [9.17, 15) is 14.7 Å². The summed E-state index contributed by atoms with van der Waals surface area (Å²) in [5.74, 6) is -1.07. The van der Waals surface area contributed by atoms with Crippen molar-refractivity contribution in [3.05, 3.63) is 23.8 Å². The van der Waals surface area contributed by atoms with Crippen LogP contribution in [0.25, 0.3) is 0 Å². The van der Waals surface area contributed by atoms with Crippen LogP contribution in [-0.4, -0.2) is 60.4 Å². The van der Waals surface area contributed by atoms with Crippen molar-refractivity contribution in [3.8, 4) is 11.5 Å². The van der Waals surface area contributed by atoms with Gasteiger partial charge in [-0.25, -0.2) is 0 Å². The molecule has 0 spiro atoms. The molecule has 1 heterocycles. The van der Waals surface area contributed by atoms with Gasteiger partial charge >= 0.3 is 5.97 Å². The first kappa shape index (κ1) is 17.1. The summed E-state index contributed by atoms with van der Waals surface area (Å²) in [7, 11) is 3.06. The van der Waals surface area contributed by atoms with Gasteiger partial charge in [0.15, 0.2) is 11.5 Å². The number of carboxylic acid groups (broad SMARTS) is 1. The molecular weight excluding hydrogens is 302 g/mol. The maximum absolute atomic E-state index is 12.4. The smallest absolute Gasteiger partial charge is 0.310 e. The lowest BCUT2D eigenvalue weighted by Crippen LogP contribution is -2.49. The van der Waals surface area contributed by atoms with Crippen molar-refractivity contribution >= 4 is 11.9 Å². The van der Waals surface area contributed by atoms with Gasteiger partial charge in [0.2, 0.25) is 5.91 Å². The van der Waals surface area contributed by atoms with Crippen LogP contribution in [0.3, 0.4) is 0 Å². The first-order valence-corrected chi connectivity index (χ1v) is 7.35. The molecule has 0 radical (unpaired) electrons. The third-order valence-corrected chi connectivity index (χ3v) is 4.05. The lowest BCUT2D eigenvalue weighted by molar-refractivity contribution is -0.151. The Bertz CT molecular complexity index is 588. The van der Waals surface area contributed by atoms with Crippen LogP contribution in [0.4, 0.5) is 0 Å². The van der Waals surface area contributed by atoms with E-state index in [1.54, 1.807) is 18.2 Å². The number of aliphatic carboxylic acids is 1. The van der Waals surface area contributed by atoms with Gasteiger partial charge in [-0.3, -0.25) is 9.59 Å². The standard InChI is InChI=1S/C16H21NO6/c1-22-13-4-3-10(7-14(13)23-2)8-15(19)17-6-5-12(18)11(9-17)16(20)21/h3-4,7,11-12,18H,5-6,8-9H2,1-2H3,(H,20,21)/t11-,12-/m1/s1. The molecule has 1 saturated heterocycles. The molecule has 1 aromatic carbocycles. The number of benzene rings is 1. The molecule has 0 unspecified atom stereocenters. The fraction of sp³-hybridized carbons (Fsp3) is 0.500. The second-order valence-corrected chi connectivity index (χ2v) is 5.51. The zero-order chi connectivity index (χ0) is 17.0. The minimum Gasteiger partial charge on any atom is -0.493 e. The van der Waals surface area contributed by atoms with E-state index in [1.807, 2.05) is 0 Å². The fourth-order valence-electron chi connectivity index (χ4n) is 2.69. The molecule has 1 aliphatic rings. The molecule has 126 valence electrons. The lowest BCUT2D eigenvalue weighted by atomic mass is 9.94. The molecule has 0 aliphatic carbocycles. The average molecular weight is 323 g/mol. The number of rotatable bonds is 5. The number of piperidine rings is 1. The van der Waals surface area contributed by atoms with E-state index in [-0.39, 0.29) is 25.3 Å². The molecule has 1 aromatic rings. The van der Waals surface area contributed by atoms with Gasteiger partial charge < -0.3 is 24.6 Å². The van der Waals surface area contributed by atoms with Crippen molar-refractivity contribution in [2.24, 2.45) is 5.92 Å². The number of aliphatic hydroxyl groups is 1. The zero-order valence-corrected chi connectivity index (χ0v) is 13.2. The Hall–Kier alpha value is -2.28. The second-order valence-electron chi connectivity index (χ2n) is 5.51. The van der Waals surface area contributed by atoms with E-state index >= 15 is 0 Å². The number of amides is 1. The Labute approximate surface area is 134 Å². The molecule has 2 N–H and O–H groups in total. The number of methoxy groups -OCH3 is 2. The molecule has 2 rings (SSSR count). The first-order valence-electron chi connectivity index (χ1n) is 7.35. The van der Waals surface area contributed by atoms with Crippen molar-refractivity contribution in [1.29, 1.82) is 0 Å².